The Morgan fingerprint density at radius 3 is 3.11 bits per heavy atom. The molecule has 1 aromatic heterocycles. The first-order valence-corrected chi connectivity index (χ1v) is 7.20. The lowest BCUT2D eigenvalue weighted by atomic mass is 10.0. The van der Waals surface area contributed by atoms with Crippen molar-refractivity contribution in [3.05, 3.63) is 24.0 Å². The van der Waals surface area contributed by atoms with E-state index in [1.165, 1.54) is 18.4 Å². The molecule has 1 aliphatic rings. The number of hydrogen-bond acceptors (Lipinski definition) is 4. The molecule has 1 aliphatic heterocycles. The standard InChI is InChI=1S/C15H24N2O2/c1-3-18-14-9-12(10-17-11-14)15(16-2)7-6-13-5-4-8-19-13/h9-11,13,15-16H,3-8H2,1-2H3. The minimum absolute atomic E-state index is 0.317. The van der Waals surface area contributed by atoms with Gasteiger partial charge in [0.15, 0.2) is 0 Å². The molecular weight excluding hydrogens is 240 g/mol. The maximum absolute atomic E-state index is 5.68. The third kappa shape index (κ3) is 4.18. The van der Waals surface area contributed by atoms with Crippen LogP contribution in [0.15, 0.2) is 18.5 Å². The molecule has 2 heterocycles. The summed E-state index contributed by atoms with van der Waals surface area (Å²) >= 11 is 0. The van der Waals surface area contributed by atoms with Crippen LogP contribution in [0.5, 0.6) is 5.75 Å². The zero-order valence-electron chi connectivity index (χ0n) is 11.9. The summed E-state index contributed by atoms with van der Waals surface area (Å²) in [5, 5.41) is 3.36. The van der Waals surface area contributed by atoms with Gasteiger partial charge in [-0.15, -0.1) is 0 Å². The van der Waals surface area contributed by atoms with E-state index >= 15 is 0 Å². The lowest BCUT2D eigenvalue weighted by Gasteiger charge is -2.19. The van der Waals surface area contributed by atoms with Crippen molar-refractivity contribution in [3.8, 4) is 5.75 Å². The smallest absolute Gasteiger partial charge is 0.137 e. The molecule has 1 aromatic rings. The van der Waals surface area contributed by atoms with E-state index in [-0.39, 0.29) is 0 Å². The summed E-state index contributed by atoms with van der Waals surface area (Å²) in [4.78, 5) is 4.26. The summed E-state index contributed by atoms with van der Waals surface area (Å²) < 4.78 is 11.2. The first-order valence-electron chi connectivity index (χ1n) is 7.20. The molecule has 1 saturated heterocycles. The van der Waals surface area contributed by atoms with Crippen LogP contribution in [0.2, 0.25) is 0 Å². The van der Waals surface area contributed by atoms with Crippen molar-refractivity contribution < 1.29 is 9.47 Å². The van der Waals surface area contributed by atoms with Crippen LogP contribution in [-0.2, 0) is 4.74 Å². The van der Waals surface area contributed by atoms with E-state index in [0.717, 1.165) is 25.2 Å². The predicted molar refractivity (Wildman–Crippen MR) is 75.4 cm³/mol. The van der Waals surface area contributed by atoms with Crippen molar-refractivity contribution in [2.75, 3.05) is 20.3 Å². The van der Waals surface area contributed by atoms with Crippen LogP contribution in [0, 0.1) is 0 Å². The molecule has 4 nitrogen and oxygen atoms in total. The van der Waals surface area contributed by atoms with Gasteiger partial charge in [0.1, 0.15) is 5.75 Å². The molecule has 0 radical (unpaired) electrons. The van der Waals surface area contributed by atoms with Crippen LogP contribution >= 0.6 is 0 Å². The summed E-state index contributed by atoms with van der Waals surface area (Å²) in [5.41, 5.74) is 1.19. The second-order valence-corrected chi connectivity index (χ2v) is 4.94. The average molecular weight is 264 g/mol. The second kappa shape index (κ2) is 7.46. The molecule has 106 valence electrons. The fourth-order valence-electron chi connectivity index (χ4n) is 2.57. The van der Waals surface area contributed by atoms with Crippen LogP contribution in [0.3, 0.4) is 0 Å². The van der Waals surface area contributed by atoms with E-state index < -0.39 is 0 Å². The molecule has 1 N–H and O–H groups in total. The normalized spacial score (nSPS) is 20.4. The summed E-state index contributed by atoms with van der Waals surface area (Å²) in [6.45, 7) is 3.58. The zero-order chi connectivity index (χ0) is 13.5. The molecule has 2 rings (SSSR count). The Morgan fingerprint density at radius 2 is 2.42 bits per heavy atom. The van der Waals surface area contributed by atoms with Crippen LogP contribution in [0.1, 0.15) is 44.2 Å². The third-order valence-corrected chi connectivity index (χ3v) is 3.60. The Labute approximate surface area is 115 Å². The van der Waals surface area contributed by atoms with Crippen LogP contribution < -0.4 is 10.1 Å². The first kappa shape index (κ1) is 14.3. The molecule has 0 saturated carbocycles. The highest BCUT2D eigenvalue weighted by molar-refractivity contribution is 5.26. The average Bonchev–Trinajstić information content (AvgIpc) is 2.94. The van der Waals surface area contributed by atoms with E-state index in [4.69, 9.17) is 9.47 Å². The van der Waals surface area contributed by atoms with Crippen LogP contribution in [0.4, 0.5) is 0 Å². The van der Waals surface area contributed by atoms with Gasteiger partial charge in [0.25, 0.3) is 0 Å². The van der Waals surface area contributed by atoms with Gasteiger partial charge in [0.05, 0.1) is 18.9 Å². The predicted octanol–water partition coefficient (Wildman–Crippen LogP) is 2.70. The number of hydrogen-bond donors (Lipinski definition) is 1. The topological polar surface area (TPSA) is 43.4 Å². The van der Waals surface area contributed by atoms with Crippen LogP contribution in [0.25, 0.3) is 0 Å². The molecule has 0 bridgehead atoms. The Bertz CT molecular complexity index is 378. The Hall–Kier alpha value is -1.13. The minimum Gasteiger partial charge on any atom is -0.492 e. The van der Waals surface area contributed by atoms with Gasteiger partial charge < -0.3 is 14.8 Å². The SMILES string of the molecule is CCOc1cncc(C(CCC2CCCO2)NC)c1. The van der Waals surface area contributed by atoms with E-state index in [0.29, 0.717) is 18.8 Å². The van der Waals surface area contributed by atoms with Gasteiger partial charge in [-0.25, -0.2) is 0 Å². The largest absolute Gasteiger partial charge is 0.492 e. The lowest BCUT2D eigenvalue weighted by molar-refractivity contribution is 0.0998. The van der Waals surface area contributed by atoms with E-state index in [1.807, 2.05) is 20.2 Å². The second-order valence-electron chi connectivity index (χ2n) is 4.94. The third-order valence-electron chi connectivity index (χ3n) is 3.60. The molecule has 2 atom stereocenters. The lowest BCUT2D eigenvalue weighted by Crippen LogP contribution is -2.19. The summed E-state index contributed by atoms with van der Waals surface area (Å²) in [7, 11) is 1.99. The van der Waals surface area contributed by atoms with Crippen LogP contribution in [-0.4, -0.2) is 31.3 Å². The maximum Gasteiger partial charge on any atom is 0.137 e. The summed E-state index contributed by atoms with van der Waals surface area (Å²) in [6, 6.07) is 2.39. The monoisotopic (exact) mass is 264 g/mol. The number of aromatic nitrogens is 1. The van der Waals surface area contributed by atoms with Crippen molar-refractivity contribution in [2.24, 2.45) is 0 Å². The Kier molecular flexibility index (Phi) is 5.61. The molecule has 2 unspecified atom stereocenters. The molecule has 4 heteroatoms. The number of pyridine rings is 1. The molecule has 0 spiro atoms. The van der Waals surface area contributed by atoms with Gasteiger partial charge in [0.2, 0.25) is 0 Å². The van der Waals surface area contributed by atoms with Crippen molar-refractivity contribution in [3.63, 3.8) is 0 Å². The van der Waals surface area contributed by atoms with Crippen molar-refractivity contribution in [2.45, 2.75) is 44.8 Å². The van der Waals surface area contributed by atoms with Gasteiger partial charge in [-0.2, -0.15) is 0 Å². The number of rotatable bonds is 7. The van der Waals surface area contributed by atoms with Gasteiger partial charge in [-0.05, 0) is 51.3 Å². The fourth-order valence-corrected chi connectivity index (χ4v) is 2.57. The zero-order valence-corrected chi connectivity index (χ0v) is 11.9. The molecular formula is C15H24N2O2. The van der Waals surface area contributed by atoms with Gasteiger partial charge in [-0.3, -0.25) is 4.98 Å². The first-order chi connectivity index (χ1) is 9.33. The molecule has 19 heavy (non-hydrogen) atoms. The highest BCUT2D eigenvalue weighted by Crippen LogP contribution is 2.25. The molecule has 1 fully saturated rings. The fraction of sp³-hybridized carbons (Fsp3) is 0.667. The number of ether oxygens (including phenoxy) is 2. The quantitative estimate of drug-likeness (QED) is 0.822. The Balaban J connectivity index is 1.93. The maximum atomic E-state index is 5.68. The van der Waals surface area contributed by atoms with E-state index in [2.05, 4.69) is 16.4 Å². The summed E-state index contributed by atoms with van der Waals surface area (Å²) in [6.07, 6.45) is 8.70. The molecule has 0 aromatic carbocycles. The minimum atomic E-state index is 0.317. The Morgan fingerprint density at radius 1 is 1.53 bits per heavy atom. The number of nitrogens with zero attached hydrogens (tertiary/aromatic N) is 1. The number of nitrogens with one attached hydrogen (secondary N) is 1. The molecule has 0 amide bonds. The van der Waals surface area contributed by atoms with Gasteiger partial charge in [-0.1, -0.05) is 0 Å². The highest BCUT2D eigenvalue weighted by Gasteiger charge is 2.18. The highest BCUT2D eigenvalue weighted by atomic mass is 16.5. The summed E-state index contributed by atoms with van der Waals surface area (Å²) in [5.74, 6) is 0.845. The van der Waals surface area contributed by atoms with Gasteiger partial charge >= 0.3 is 0 Å². The molecule has 0 aliphatic carbocycles. The van der Waals surface area contributed by atoms with Crippen molar-refractivity contribution >= 4 is 0 Å². The van der Waals surface area contributed by atoms with E-state index in [9.17, 15) is 0 Å². The van der Waals surface area contributed by atoms with Crippen molar-refractivity contribution in [1.82, 2.24) is 10.3 Å². The van der Waals surface area contributed by atoms with E-state index in [1.54, 1.807) is 6.20 Å². The van der Waals surface area contributed by atoms with Gasteiger partial charge in [0, 0.05) is 18.8 Å². The van der Waals surface area contributed by atoms with Crippen molar-refractivity contribution in [1.29, 1.82) is 0 Å².